The highest BCUT2D eigenvalue weighted by Crippen LogP contribution is 2.27. The van der Waals surface area contributed by atoms with Crippen LogP contribution in [0.15, 0.2) is 34.7 Å². The Bertz CT molecular complexity index is 895. The van der Waals surface area contributed by atoms with E-state index in [2.05, 4.69) is 10.2 Å². The third-order valence-corrected chi connectivity index (χ3v) is 7.61. The third kappa shape index (κ3) is 4.04. The fourth-order valence-corrected chi connectivity index (χ4v) is 5.97. The van der Waals surface area contributed by atoms with E-state index in [-0.39, 0.29) is 29.7 Å². The largest absolute Gasteiger partial charge is 0.459 e. The molecule has 1 aromatic heterocycles. The maximum Gasteiger partial charge on any atom is 0.223 e. The average Bonchev–Trinajstić information content (AvgIpc) is 3.25. The molecule has 0 unspecified atom stereocenters. The molecule has 2 saturated heterocycles. The Morgan fingerprint density at radius 3 is 2.63 bits per heavy atom. The summed E-state index contributed by atoms with van der Waals surface area (Å²) in [5, 5.41) is 4.11. The minimum atomic E-state index is -2.86. The molecular formula is C20H26N2O4S. The SMILES string of the molecule is C[C@@H](NC(=O)C1CCN([C@@H]2CCS(=O)(=O)C2)CC1)c1cc2ccccc2o1. The van der Waals surface area contributed by atoms with Gasteiger partial charge in [0.25, 0.3) is 0 Å². The van der Waals surface area contributed by atoms with Crippen LogP contribution in [0.3, 0.4) is 0 Å². The highest BCUT2D eigenvalue weighted by Gasteiger charge is 2.35. The second-order valence-corrected chi connectivity index (χ2v) is 10.0. The first-order valence-electron chi connectivity index (χ1n) is 9.64. The molecule has 1 amide bonds. The van der Waals surface area contributed by atoms with Crippen LogP contribution in [0.25, 0.3) is 11.0 Å². The second kappa shape index (κ2) is 7.28. The lowest BCUT2D eigenvalue weighted by Gasteiger charge is -2.35. The normalized spacial score (nSPS) is 24.9. The van der Waals surface area contributed by atoms with Crippen molar-refractivity contribution >= 4 is 26.7 Å². The van der Waals surface area contributed by atoms with Gasteiger partial charge in [-0.25, -0.2) is 8.42 Å². The molecule has 0 spiro atoms. The van der Waals surface area contributed by atoms with E-state index in [1.54, 1.807) is 0 Å². The number of benzene rings is 1. The highest BCUT2D eigenvalue weighted by molar-refractivity contribution is 7.91. The third-order valence-electron chi connectivity index (χ3n) is 5.86. The van der Waals surface area contributed by atoms with E-state index in [0.29, 0.717) is 5.75 Å². The molecule has 7 heteroatoms. The highest BCUT2D eigenvalue weighted by atomic mass is 32.2. The number of likely N-dealkylation sites (tertiary alicyclic amines) is 1. The number of carbonyl (C=O) groups excluding carboxylic acids is 1. The number of para-hydroxylation sites is 1. The van der Waals surface area contributed by atoms with E-state index in [1.807, 2.05) is 37.3 Å². The van der Waals surface area contributed by atoms with E-state index in [9.17, 15) is 13.2 Å². The summed E-state index contributed by atoms with van der Waals surface area (Å²) >= 11 is 0. The van der Waals surface area contributed by atoms with Crippen molar-refractivity contribution in [1.82, 2.24) is 10.2 Å². The topological polar surface area (TPSA) is 79.6 Å². The van der Waals surface area contributed by atoms with Crippen LogP contribution >= 0.6 is 0 Å². The van der Waals surface area contributed by atoms with Gasteiger partial charge < -0.3 is 9.73 Å². The zero-order valence-corrected chi connectivity index (χ0v) is 16.4. The Labute approximate surface area is 159 Å². The van der Waals surface area contributed by atoms with Gasteiger partial charge >= 0.3 is 0 Å². The number of nitrogens with one attached hydrogen (secondary N) is 1. The van der Waals surface area contributed by atoms with E-state index < -0.39 is 9.84 Å². The molecule has 146 valence electrons. The van der Waals surface area contributed by atoms with Gasteiger partial charge in [0, 0.05) is 17.3 Å². The molecule has 3 heterocycles. The number of rotatable bonds is 4. The van der Waals surface area contributed by atoms with Gasteiger partial charge in [-0.15, -0.1) is 0 Å². The van der Waals surface area contributed by atoms with Crippen molar-refractivity contribution in [2.24, 2.45) is 5.92 Å². The van der Waals surface area contributed by atoms with Crippen molar-refractivity contribution in [3.8, 4) is 0 Å². The fourth-order valence-electron chi connectivity index (χ4n) is 4.21. The Morgan fingerprint density at radius 2 is 1.96 bits per heavy atom. The van der Waals surface area contributed by atoms with Gasteiger partial charge in [-0.2, -0.15) is 0 Å². The average molecular weight is 391 g/mol. The van der Waals surface area contributed by atoms with Crippen LogP contribution < -0.4 is 5.32 Å². The van der Waals surface area contributed by atoms with E-state index in [1.165, 1.54) is 0 Å². The Hall–Kier alpha value is -1.86. The van der Waals surface area contributed by atoms with E-state index >= 15 is 0 Å². The molecule has 2 fully saturated rings. The molecule has 2 aliphatic rings. The van der Waals surface area contributed by atoms with Crippen LogP contribution in [0, 0.1) is 5.92 Å². The van der Waals surface area contributed by atoms with Crippen molar-refractivity contribution in [2.75, 3.05) is 24.6 Å². The van der Waals surface area contributed by atoms with Crippen LogP contribution in [0.5, 0.6) is 0 Å². The van der Waals surface area contributed by atoms with Gasteiger partial charge in [-0.3, -0.25) is 9.69 Å². The number of fused-ring (bicyclic) bond motifs is 1. The van der Waals surface area contributed by atoms with Gasteiger partial charge in [-0.05, 0) is 51.4 Å². The smallest absolute Gasteiger partial charge is 0.223 e. The molecule has 2 aromatic rings. The Balaban J connectivity index is 1.31. The number of amides is 1. The Morgan fingerprint density at radius 1 is 1.22 bits per heavy atom. The van der Waals surface area contributed by atoms with Gasteiger partial charge in [0.15, 0.2) is 9.84 Å². The number of carbonyl (C=O) groups is 1. The van der Waals surface area contributed by atoms with Crippen LogP contribution in [0.2, 0.25) is 0 Å². The van der Waals surface area contributed by atoms with Crippen LogP contribution in [-0.4, -0.2) is 49.9 Å². The zero-order chi connectivity index (χ0) is 19.0. The molecule has 0 radical (unpaired) electrons. The monoisotopic (exact) mass is 390 g/mol. The molecular weight excluding hydrogens is 364 g/mol. The predicted octanol–water partition coefficient (Wildman–Crippen LogP) is 2.51. The van der Waals surface area contributed by atoms with Crippen LogP contribution in [0.1, 0.15) is 38.0 Å². The molecule has 1 aromatic carbocycles. The first-order chi connectivity index (χ1) is 12.9. The lowest BCUT2D eigenvalue weighted by molar-refractivity contribution is -0.127. The predicted molar refractivity (Wildman–Crippen MR) is 104 cm³/mol. The van der Waals surface area contributed by atoms with Gasteiger partial charge in [-0.1, -0.05) is 18.2 Å². The van der Waals surface area contributed by atoms with Crippen LogP contribution in [-0.2, 0) is 14.6 Å². The van der Waals surface area contributed by atoms with Gasteiger partial charge in [0.2, 0.25) is 5.91 Å². The molecule has 0 saturated carbocycles. The van der Waals surface area contributed by atoms with Crippen molar-refractivity contribution < 1.29 is 17.6 Å². The number of sulfone groups is 1. The second-order valence-electron chi connectivity index (χ2n) is 7.78. The Kier molecular flexibility index (Phi) is 4.99. The summed E-state index contributed by atoms with van der Waals surface area (Å²) in [5.74, 6) is 1.37. The number of piperidine rings is 1. The maximum atomic E-state index is 12.7. The lowest BCUT2D eigenvalue weighted by atomic mass is 9.94. The minimum Gasteiger partial charge on any atom is -0.459 e. The molecule has 6 nitrogen and oxygen atoms in total. The fraction of sp³-hybridized carbons (Fsp3) is 0.550. The summed E-state index contributed by atoms with van der Waals surface area (Å²) in [4.78, 5) is 14.9. The standard InChI is InChI=1S/C20H26N2O4S/c1-14(19-12-16-4-2-3-5-18(16)26-19)21-20(23)15-6-9-22(10-7-15)17-8-11-27(24,25)13-17/h2-5,12,14-15,17H,6-11,13H2,1H3,(H,21,23)/t14-,17-/m1/s1. The summed E-state index contributed by atoms with van der Waals surface area (Å²) in [7, 11) is -2.86. The summed E-state index contributed by atoms with van der Waals surface area (Å²) in [6.07, 6.45) is 2.27. The van der Waals surface area contributed by atoms with Gasteiger partial charge in [0.05, 0.1) is 17.5 Å². The summed E-state index contributed by atoms with van der Waals surface area (Å²) < 4.78 is 29.2. The van der Waals surface area contributed by atoms with E-state index in [4.69, 9.17) is 4.42 Å². The van der Waals surface area contributed by atoms with Crippen molar-refractivity contribution in [3.63, 3.8) is 0 Å². The number of hydrogen-bond donors (Lipinski definition) is 1. The molecule has 2 atom stereocenters. The number of hydrogen-bond acceptors (Lipinski definition) is 5. The van der Waals surface area contributed by atoms with Gasteiger partial charge in [0.1, 0.15) is 11.3 Å². The summed E-state index contributed by atoms with van der Waals surface area (Å²) in [5.41, 5.74) is 0.827. The molecule has 4 rings (SSSR count). The molecule has 2 aliphatic heterocycles. The molecule has 27 heavy (non-hydrogen) atoms. The summed E-state index contributed by atoms with van der Waals surface area (Å²) in [6.45, 7) is 3.52. The number of furan rings is 1. The van der Waals surface area contributed by atoms with Crippen LogP contribution in [0.4, 0.5) is 0 Å². The van der Waals surface area contributed by atoms with Crippen molar-refractivity contribution in [1.29, 1.82) is 0 Å². The summed E-state index contributed by atoms with van der Waals surface area (Å²) in [6, 6.07) is 9.75. The molecule has 0 aliphatic carbocycles. The number of nitrogens with zero attached hydrogens (tertiary/aromatic N) is 1. The first-order valence-corrected chi connectivity index (χ1v) is 11.5. The van der Waals surface area contributed by atoms with E-state index in [0.717, 1.165) is 49.1 Å². The molecule has 1 N–H and O–H groups in total. The zero-order valence-electron chi connectivity index (χ0n) is 15.6. The van der Waals surface area contributed by atoms with Crippen molar-refractivity contribution in [2.45, 2.75) is 38.3 Å². The van der Waals surface area contributed by atoms with Crippen molar-refractivity contribution in [3.05, 3.63) is 36.1 Å². The minimum absolute atomic E-state index is 0.0221. The maximum absolute atomic E-state index is 12.7. The lowest BCUT2D eigenvalue weighted by Crippen LogP contribution is -2.45. The first kappa shape index (κ1) is 18.5. The molecule has 0 bridgehead atoms. The quantitative estimate of drug-likeness (QED) is 0.868.